The molecule has 0 unspecified atom stereocenters. The highest BCUT2D eigenvalue weighted by Crippen LogP contribution is 2.22. The zero-order valence-electron chi connectivity index (χ0n) is 11.4. The lowest BCUT2D eigenvalue weighted by atomic mass is 10.1. The zero-order valence-corrected chi connectivity index (χ0v) is 12.2. The maximum absolute atomic E-state index is 11.9. The van der Waals surface area contributed by atoms with Gasteiger partial charge in [-0.05, 0) is 31.0 Å². The van der Waals surface area contributed by atoms with Gasteiger partial charge in [-0.2, -0.15) is 4.99 Å². The minimum absolute atomic E-state index is 0.148. The van der Waals surface area contributed by atoms with Crippen molar-refractivity contribution in [2.24, 2.45) is 12.0 Å². The fourth-order valence-electron chi connectivity index (χ4n) is 2.26. The van der Waals surface area contributed by atoms with Crippen LogP contribution in [0.3, 0.4) is 0 Å². The Morgan fingerprint density at radius 2 is 2.20 bits per heavy atom. The van der Waals surface area contributed by atoms with Crippen LogP contribution in [0.1, 0.15) is 21.7 Å². The molecule has 2 heterocycles. The molecule has 3 aromatic rings. The lowest BCUT2D eigenvalue weighted by Gasteiger charge is -2.01. The normalized spacial score (nSPS) is 12.2. The molecular formula is C14H13N3O2S. The van der Waals surface area contributed by atoms with E-state index in [0.717, 1.165) is 10.2 Å². The van der Waals surface area contributed by atoms with Crippen LogP contribution in [0, 0.1) is 13.8 Å². The number of aromatic nitrogens is 2. The smallest absolute Gasteiger partial charge is 0.318 e. The van der Waals surface area contributed by atoms with Crippen LogP contribution in [0.25, 0.3) is 10.2 Å². The topological polar surface area (TPSA) is 60.4 Å². The summed E-state index contributed by atoms with van der Waals surface area (Å²) >= 11 is 1.49. The van der Waals surface area contributed by atoms with E-state index in [4.69, 9.17) is 4.52 Å². The van der Waals surface area contributed by atoms with Crippen molar-refractivity contribution in [1.82, 2.24) is 9.72 Å². The van der Waals surface area contributed by atoms with Gasteiger partial charge in [0.2, 0.25) is 5.76 Å². The monoisotopic (exact) mass is 287 g/mol. The first-order valence-corrected chi connectivity index (χ1v) is 6.94. The summed E-state index contributed by atoms with van der Waals surface area (Å²) in [7, 11) is 1.91. The van der Waals surface area contributed by atoms with Crippen molar-refractivity contribution in [3.8, 4) is 0 Å². The van der Waals surface area contributed by atoms with E-state index in [1.165, 1.54) is 34.7 Å². The van der Waals surface area contributed by atoms with Gasteiger partial charge >= 0.3 is 5.91 Å². The molecule has 0 fully saturated rings. The molecule has 5 nitrogen and oxygen atoms in total. The summed E-state index contributed by atoms with van der Waals surface area (Å²) < 4.78 is 7.88. The molecule has 3 rings (SSSR count). The molecule has 1 amide bonds. The van der Waals surface area contributed by atoms with Gasteiger partial charge in [0.05, 0.1) is 16.4 Å². The highest BCUT2D eigenvalue weighted by atomic mass is 32.1. The second-order valence-electron chi connectivity index (χ2n) is 4.67. The number of hydrogen-bond acceptors (Lipinski definition) is 4. The van der Waals surface area contributed by atoms with Gasteiger partial charge in [0.25, 0.3) is 0 Å². The molecule has 6 heteroatoms. The van der Waals surface area contributed by atoms with E-state index < -0.39 is 5.91 Å². The Morgan fingerprint density at radius 1 is 1.40 bits per heavy atom. The van der Waals surface area contributed by atoms with Crippen LogP contribution in [0.15, 0.2) is 33.9 Å². The standard InChI is InChI=1S/C14H13N3O2S/c1-8-6-9(2)12-11(7-8)20-14(17(12)3)16-13(18)10-4-5-15-19-10/h4-7H,1-3H3. The maximum atomic E-state index is 11.9. The summed E-state index contributed by atoms with van der Waals surface area (Å²) in [4.78, 5) is 16.7. The van der Waals surface area contributed by atoms with Crippen molar-refractivity contribution in [3.05, 3.63) is 46.1 Å². The first-order chi connectivity index (χ1) is 9.56. The van der Waals surface area contributed by atoms with Crippen LogP contribution in [-0.2, 0) is 7.05 Å². The van der Waals surface area contributed by atoms with Gasteiger partial charge in [0, 0.05) is 13.1 Å². The van der Waals surface area contributed by atoms with Crippen molar-refractivity contribution < 1.29 is 9.32 Å². The van der Waals surface area contributed by atoms with Crippen LogP contribution in [0.5, 0.6) is 0 Å². The number of thiazole rings is 1. The van der Waals surface area contributed by atoms with Gasteiger partial charge in [-0.1, -0.05) is 22.6 Å². The molecule has 0 aliphatic rings. The number of nitrogens with zero attached hydrogens (tertiary/aromatic N) is 3. The van der Waals surface area contributed by atoms with Gasteiger partial charge < -0.3 is 9.09 Å². The number of fused-ring (bicyclic) bond motifs is 1. The third-order valence-corrected chi connectivity index (χ3v) is 4.16. The van der Waals surface area contributed by atoms with Crippen LogP contribution in [-0.4, -0.2) is 15.6 Å². The summed E-state index contributed by atoms with van der Waals surface area (Å²) in [5, 5.41) is 3.52. The summed E-state index contributed by atoms with van der Waals surface area (Å²) in [5.41, 5.74) is 3.47. The minimum Gasteiger partial charge on any atom is -0.351 e. The van der Waals surface area contributed by atoms with Crippen LogP contribution >= 0.6 is 11.3 Å². The largest absolute Gasteiger partial charge is 0.351 e. The lowest BCUT2D eigenvalue weighted by molar-refractivity contribution is 0.0962. The summed E-state index contributed by atoms with van der Waals surface area (Å²) in [6, 6.07) is 5.73. The molecule has 2 aromatic heterocycles. The number of amides is 1. The lowest BCUT2D eigenvalue weighted by Crippen LogP contribution is -2.13. The van der Waals surface area contributed by atoms with Crippen molar-refractivity contribution in [2.45, 2.75) is 13.8 Å². The highest BCUT2D eigenvalue weighted by molar-refractivity contribution is 7.16. The minimum atomic E-state index is -0.418. The number of carbonyl (C=O) groups is 1. The van der Waals surface area contributed by atoms with Gasteiger partial charge in [0.1, 0.15) is 0 Å². The fraction of sp³-hybridized carbons (Fsp3) is 0.214. The Labute approximate surface area is 119 Å². The number of carbonyl (C=O) groups excluding carboxylic acids is 1. The van der Waals surface area contributed by atoms with Gasteiger partial charge in [-0.25, -0.2) is 0 Å². The molecule has 0 aliphatic carbocycles. The molecule has 0 saturated heterocycles. The van der Waals surface area contributed by atoms with E-state index in [1.54, 1.807) is 0 Å². The number of rotatable bonds is 1. The Hall–Kier alpha value is -2.21. The first kappa shape index (κ1) is 12.8. The first-order valence-electron chi connectivity index (χ1n) is 6.13. The van der Waals surface area contributed by atoms with Gasteiger partial charge in [-0.15, -0.1) is 0 Å². The van der Waals surface area contributed by atoms with E-state index in [1.807, 2.05) is 11.6 Å². The molecule has 0 aliphatic heterocycles. The van der Waals surface area contributed by atoms with Crippen LogP contribution in [0.4, 0.5) is 0 Å². The van der Waals surface area contributed by atoms with E-state index in [9.17, 15) is 4.79 Å². The predicted octanol–water partition coefficient (Wildman–Crippen LogP) is 2.59. The average Bonchev–Trinajstić information content (AvgIpc) is 2.98. The van der Waals surface area contributed by atoms with Gasteiger partial charge in [-0.3, -0.25) is 4.79 Å². The third kappa shape index (κ3) is 2.08. The van der Waals surface area contributed by atoms with Crippen molar-refractivity contribution in [2.75, 3.05) is 0 Å². The van der Waals surface area contributed by atoms with E-state index in [2.05, 4.69) is 36.1 Å². The molecule has 102 valence electrons. The molecule has 0 spiro atoms. The second kappa shape index (κ2) is 4.72. The fourth-order valence-corrected chi connectivity index (χ4v) is 3.45. The number of benzene rings is 1. The van der Waals surface area contributed by atoms with E-state index in [0.29, 0.717) is 4.80 Å². The quantitative estimate of drug-likeness (QED) is 0.691. The second-order valence-corrected chi connectivity index (χ2v) is 5.67. The van der Waals surface area contributed by atoms with Crippen molar-refractivity contribution in [3.63, 3.8) is 0 Å². The van der Waals surface area contributed by atoms with Crippen molar-refractivity contribution >= 4 is 27.5 Å². The molecule has 20 heavy (non-hydrogen) atoms. The maximum Gasteiger partial charge on any atom is 0.318 e. The molecule has 1 aromatic carbocycles. The third-order valence-electron chi connectivity index (χ3n) is 3.08. The SMILES string of the molecule is Cc1cc(C)c2c(c1)sc(=NC(=O)c1ccno1)n2C. The number of aryl methyl sites for hydroxylation is 3. The molecule has 0 radical (unpaired) electrons. The molecular weight excluding hydrogens is 274 g/mol. The Kier molecular flexibility index (Phi) is 3.02. The van der Waals surface area contributed by atoms with Crippen LogP contribution < -0.4 is 4.80 Å². The predicted molar refractivity (Wildman–Crippen MR) is 76.7 cm³/mol. The van der Waals surface area contributed by atoms with Crippen LogP contribution in [0.2, 0.25) is 0 Å². The number of hydrogen-bond donors (Lipinski definition) is 0. The Bertz CT molecular complexity index is 857. The van der Waals surface area contributed by atoms with Crippen molar-refractivity contribution in [1.29, 1.82) is 0 Å². The van der Waals surface area contributed by atoms with E-state index in [-0.39, 0.29) is 5.76 Å². The molecule has 0 saturated carbocycles. The van der Waals surface area contributed by atoms with Gasteiger partial charge in [0.15, 0.2) is 4.80 Å². The average molecular weight is 287 g/mol. The van der Waals surface area contributed by atoms with E-state index >= 15 is 0 Å². The highest BCUT2D eigenvalue weighted by Gasteiger charge is 2.11. The molecule has 0 N–H and O–H groups in total. The Balaban J connectivity index is 2.20. The summed E-state index contributed by atoms with van der Waals surface area (Å²) in [5.74, 6) is -0.269. The Morgan fingerprint density at radius 3 is 2.90 bits per heavy atom. The summed E-state index contributed by atoms with van der Waals surface area (Å²) in [6.07, 6.45) is 1.43. The molecule has 0 atom stereocenters. The zero-order chi connectivity index (χ0) is 14.3. The summed E-state index contributed by atoms with van der Waals surface area (Å²) in [6.45, 7) is 4.12. The molecule has 0 bridgehead atoms.